The minimum absolute atomic E-state index is 0.229. The largest absolute Gasteiger partial charge is 0.476 e. The first-order valence-electron chi connectivity index (χ1n) is 4.02. The number of likely N-dealkylation sites (N-methyl/N-ethyl adjacent to an activating group) is 1. The van der Waals surface area contributed by atoms with Crippen molar-refractivity contribution in [3.8, 4) is 0 Å². The van der Waals surface area contributed by atoms with Crippen LogP contribution in [0.15, 0.2) is 5.10 Å². The summed E-state index contributed by atoms with van der Waals surface area (Å²) in [5.41, 5.74) is 0. The van der Waals surface area contributed by atoms with Gasteiger partial charge in [-0.15, -0.1) is 5.10 Å². The molecule has 0 radical (unpaired) electrons. The molecule has 0 fully saturated rings. The first-order chi connectivity index (χ1) is 6.04. The Hall–Kier alpha value is -1.14. The number of carbonyl (C=O) groups excluding carboxylic acids is 1. The number of hydrazone groups is 1. The third-order valence-electron chi connectivity index (χ3n) is 1.62. The standard InChI is InChI=1S/C7H12N2O4/c1-3-9-6(10)7(11,12)5(8-9)13-4-2/h11-12H,3-4H2,1-2H3. The zero-order chi connectivity index (χ0) is 10.1. The summed E-state index contributed by atoms with van der Waals surface area (Å²) in [6.45, 7) is 3.84. The summed E-state index contributed by atoms with van der Waals surface area (Å²) in [6.07, 6.45) is 0. The average Bonchev–Trinajstić information content (AvgIpc) is 2.29. The molecule has 0 unspecified atom stereocenters. The highest BCUT2D eigenvalue weighted by Crippen LogP contribution is 2.17. The van der Waals surface area contributed by atoms with Gasteiger partial charge in [0.2, 0.25) is 0 Å². The molecule has 0 aromatic carbocycles. The molecule has 1 aliphatic heterocycles. The molecular weight excluding hydrogens is 176 g/mol. The van der Waals surface area contributed by atoms with E-state index in [0.29, 0.717) is 0 Å². The van der Waals surface area contributed by atoms with Crippen molar-refractivity contribution in [3.05, 3.63) is 0 Å². The molecule has 1 heterocycles. The molecule has 1 amide bonds. The molecular formula is C7H12N2O4. The third kappa shape index (κ3) is 1.50. The second-order valence-corrected chi connectivity index (χ2v) is 2.53. The second kappa shape index (κ2) is 3.31. The lowest BCUT2D eigenvalue weighted by Gasteiger charge is -2.14. The van der Waals surface area contributed by atoms with Gasteiger partial charge in [-0.3, -0.25) is 4.79 Å². The van der Waals surface area contributed by atoms with Gasteiger partial charge in [0.15, 0.2) is 0 Å². The lowest BCUT2D eigenvalue weighted by molar-refractivity contribution is -0.170. The number of nitrogens with zero attached hydrogens (tertiary/aromatic N) is 2. The molecule has 0 bridgehead atoms. The summed E-state index contributed by atoms with van der Waals surface area (Å²) in [4.78, 5) is 11.2. The van der Waals surface area contributed by atoms with Crippen molar-refractivity contribution < 1.29 is 19.7 Å². The monoisotopic (exact) mass is 188 g/mol. The van der Waals surface area contributed by atoms with E-state index in [1.54, 1.807) is 13.8 Å². The summed E-state index contributed by atoms with van der Waals surface area (Å²) in [7, 11) is 0. The fourth-order valence-corrected chi connectivity index (χ4v) is 0.977. The van der Waals surface area contributed by atoms with E-state index < -0.39 is 11.7 Å². The van der Waals surface area contributed by atoms with Gasteiger partial charge in [0.1, 0.15) is 0 Å². The van der Waals surface area contributed by atoms with Crippen molar-refractivity contribution in [2.75, 3.05) is 13.2 Å². The van der Waals surface area contributed by atoms with Crippen LogP contribution in [0, 0.1) is 0 Å². The topological polar surface area (TPSA) is 82.4 Å². The number of aliphatic hydroxyl groups is 2. The Morgan fingerprint density at radius 1 is 1.54 bits per heavy atom. The van der Waals surface area contributed by atoms with Crippen molar-refractivity contribution in [1.29, 1.82) is 0 Å². The number of carbonyl (C=O) groups is 1. The number of hydrogen-bond acceptors (Lipinski definition) is 5. The number of amides is 1. The quantitative estimate of drug-likeness (QED) is 0.538. The Bertz CT molecular complexity index is 249. The van der Waals surface area contributed by atoms with Crippen LogP contribution < -0.4 is 0 Å². The zero-order valence-electron chi connectivity index (χ0n) is 7.52. The molecule has 1 aliphatic rings. The van der Waals surface area contributed by atoms with Crippen molar-refractivity contribution >= 4 is 11.8 Å². The predicted molar refractivity (Wildman–Crippen MR) is 43.6 cm³/mol. The zero-order valence-corrected chi connectivity index (χ0v) is 7.52. The molecule has 0 spiro atoms. The van der Waals surface area contributed by atoms with E-state index in [0.717, 1.165) is 5.01 Å². The maximum atomic E-state index is 11.2. The van der Waals surface area contributed by atoms with Gasteiger partial charge in [-0.25, -0.2) is 5.01 Å². The summed E-state index contributed by atoms with van der Waals surface area (Å²) in [5.74, 6) is -3.83. The Balaban J connectivity index is 2.87. The number of hydrogen-bond donors (Lipinski definition) is 2. The van der Waals surface area contributed by atoms with E-state index in [1.807, 2.05) is 0 Å². The summed E-state index contributed by atoms with van der Waals surface area (Å²) in [5, 5.41) is 23.1. The van der Waals surface area contributed by atoms with Crippen LogP contribution in [0.2, 0.25) is 0 Å². The molecule has 0 saturated carbocycles. The van der Waals surface area contributed by atoms with Gasteiger partial charge in [-0.05, 0) is 13.8 Å². The lowest BCUT2D eigenvalue weighted by Crippen LogP contribution is -2.47. The Kier molecular flexibility index (Phi) is 2.53. The highest BCUT2D eigenvalue weighted by molar-refractivity contribution is 6.09. The molecule has 1 rings (SSSR count). The molecule has 6 nitrogen and oxygen atoms in total. The summed E-state index contributed by atoms with van der Waals surface area (Å²) < 4.78 is 4.81. The summed E-state index contributed by atoms with van der Waals surface area (Å²) in [6, 6.07) is 0. The molecule has 74 valence electrons. The van der Waals surface area contributed by atoms with E-state index in [9.17, 15) is 15.0 Å². The second-order valence-electron chi connectivity index (χ2n) is 2.53. The van der Waals surface area contributed by atoms with Crippen LogP contribution >= 0.6 is 0 Å². The van der Waals surface area contributed by atoms with E-state index in [4.69, 9.17) is 4.74 Å². The van der Waals surface area contributed by atoms with Gasteiger partial charge in [0, 0.05) is 6.54 Å². The Labute approximate surface area is 75.4 Å². The average molecular weight is 188 g/mol. The van der Waals surface area contributed by atoms with Crippen molar-refractivity contribution in [2.24, 2.45) is 5.10 Å². The van der Waals surface area contributed by atoms with Crippen molar-refractivity contribution in [3.63, 3.8) is 0 Å². The number of ether oxygens (including phenoxy) is 1. The van der Waals surface area contributed by atoms with E-state index in [-0.39, 0.29) is 19.0 Å². The van der Waals surface area contributed by atoms with Crippen LogP contribution in [-0.4, -0.2) is 46.0 Å². The Morgan fingerprint density at radius 2 is 2.15 bits per heavy atom. The van der Waals surface area contributed by atoms with Crippen LogP contribution in [-0.2, 0) is 9.53 Å². The Morgan fingerprint density at radius 3 is 2.54 bits per heavy atom. The minimum Gasteiger partial charge on any atom is -0.476 e. The van der Waals surface area contributed by atoms with Gasteiger partial charge >= 0.3 is 11.7 Å². The minimum atomic E-state index is -2.59. The molecule has 0 aromatic heterocycles. The molecule has 0 atom stereocenters. The molecule has 0 saturated heterocycles. The lowest BCUT2D eigenvalue weighted by atomic mass is 10.3. The maximum absolute atomic E-state index is 11.2. The van der Waals surface area contributed by atoms with Crippen LogP contribution in [0.5, 0.6) is 0 Å². The van der Waals surface area contributed by atoms with Gasteiger partial charge in [-0.2, -0.15) is 0 Å². The van der Waals surface area contributed by atoms with Crippen molar-refractivity contribution in [2.45, 2.75) is 19.6 Å². The fraction of sp³-hybridized carbons (Fsp3) is 0.714. The molecule has 2 N–H and O–H groups in total. The third-order valence-corrected chi connectivity index (χ3v) is 1.62. The molecule has 0 aromatic rings. The predicted octanol–water partition coefficient (Wildman–Crippen LogP) is -1.12. The van der Waals surface area contributed by atoms with Crippen molar-refractivity contribution in [1.82, 2.24) is 5.01 Å². The molecule has 6 heteroatoms. The van der Waals surface area contributed by atoms with Crippen LogP contribution in [0.4, 0.5) is 0 Å². The fourth-order valence-electron chi connectivity index (χ4n) is 0.977. The maximum Gasteiger partial charge on any atom is 0.327 e. The van der Waals surface area contributed by atoms with E-state index >= 15 is 0 Å². The smallest absolute Gasteiger partial charge is 0.327 e. The van der Waals surface area contributed by atoms with E-state index in [1.165, 1.54) is 0 Å². The van der Waals surface area contributed by atoms with Crippen LogP contribution in [0.3, 0.4) is 0 Å². The van der Waals surface area contributed by atoms with Gasteiger partial charge in [-0.1, -0.05) is 0 Å². The van der Waals surface area contributed by atoms with Gasteiger partial charge < -0.3 is 14.9 Å². The van der Waals surface area contributed by atoms with Crippen LogP contribution in [0.25, 0.3) is 0 Å². The highest BCUT2D eigenvalue weighted by Gasteiger charge is 2.50. The van der Waals surface area contributed by atoms with E-state index in [2.05, 4.69) is 5.10 Å². The molecule has 0 aliphatic carbocycles. The van der Waals surface area contributed by atoms with Gasteiger partial charge in [0.25, 0.3) is 5.90 Å². The van der Waals surface area contributed by atoms with Crippen LogP contribution in [0.1, 0.15) is 13.8 Å². The normalized spacial score (nSPS) is 20.5. The molecule has 13 heavy (non-hydrogen) atoms. The number of rotatable bonds is 2. The summed E-state index contributed by atoms with van der Waals surface area (Å²) >= 11 is 0. The van der Waals surface area contributed by atoms with Gasteiger partial charge in [0.05, 0.1) is 6.61 Å². The highest BCUT2D eigenvalue weighted by atomic mass is 16.6. The first kappa shape index (κ1) is 9.94. The first-order valence-corrected chi connectivity index (χ1v) is 4.02. The SMILES string of the molecule is CCOC1=NN(CC)C(=O)C1(O)O.